The minimum atomic E-state index is -0.741. The Hall–Kier alpha value is -2.01. The molecular formula is C18H14Cl2N4O2S. The molecular weight excluding hydrogens is 407 g/mol. The van der Waals surface area contributed by atoms with Crippen LogP contribution in [0.2, 0.25) is 0 Å². The number of alkyl halides is 2. The van der Waals surface area contributed by atoms with Crippen molar-refractivity contribution in [3.8, 4) is 11.8 Å². The number of aromatic nitrogens is 3. The quantitative estimate of drug-likeness (QED) is 0.428. The molecule has 2 aromatic rings. The standard InChI is InChI=1S/C18H14Cl2N4O2S/c19-18(20)5-3-12(4-6-18)14-16(25)24(17(26)27-14)7-1-2-11-8-13-15(21-9-11)23-10-22-13/h8-10H,3-7H2,(H,21,22,23). The Morgan fingerprint density at radius 2 is 2.04 bits per heavy atom. The predicted octanol–water partition coefficient (Wildman–Crippen LogP) is 4.01. The molecule has 0 bridgehead atoms. The van der Waals surface area contributed by atoms with Gasteiger partial charge in [0, 0.05) is 11.8 Å². The fourth-order valence-electron chi connectivity index (χ4n) is 3.01. The Balaban J connectivity index is 1.47. The highest BCUT2D eigenvalue weighted by molar-refractivity contribution is 8.18. The number of H-pyrrole nitrogens is 1. The van der Waals surface area contributed by atoms with Crippen LogP contribution in [0.1, 0.15) is 31.2 Å². The third-order valence-electron chi connectivity index (χ3n) is 4.50. The summed E-state index contributed by atoms with van der Waals surface area (Å²) in [6.07, 6.45) is 5.60. The van der Waals surface area contributed by atoms with Gasteiger partial charge in [-0.25, -0.2) is 9.97 Å². The van der Waals surface area contributed by atoms with E-state index < -0.39 is 4.33 Å². The van der Waals surface area contributed by atoms with Crippen molar-refractivity contribution < 1.29 is 9.59 Å². The molecule has 9 heteroatoms. The first kappa shape index (κ1) is 18.4. The summed E-state index contributed by atoms with van der Waals surface area (Å²) < 4.78 is -0.741. The number of nitrogens with zero attached hydrogens (tertiary/aromatic N) is 3. The maximum atomic E-state index is 12.6. The van der Waals surface area contributed by atoms with Gasteiger partial charge in [-0.3, -0.25) is 14.5 Å². The molecule has 1 saturated heterocycles. The van der Waals surface area contributed by atoms with Gasteiger partial charge in [0.2, 0.25) is 0 Å². The third kappa shape index (κ3) is 3.84. The first-order chi connectivity index (χ1) is 12.9. The number of nitrogens with one attached hydrogen (secondary N) is 1. The van der Waals surface area contributed by atoms with Crippen LogP contribution in [0.25, 0.3) is 11.2 Å². The van der Waals surface area contributed by atoms with E-state index in [0.29, 0.717) is 41.8 Å². The zero-order chi connectivity index (χ0) is 19.0. The topological polar surface area (TPSA) is 79.0 Å². The number of imide groups is 1. The first-order valence-electron chi connectivity index (χ1n) is 8.34. The van der Waals surface area contributed by atoms with Gasteiger partial charge in [0.05, 0.1) is 23.3 Å². The van der Waals surface area contributed by atoms with E-state index in [9.17, 15) is 9.59 Å². The molecule has 0 aromatic carbocycles. The van der Waals surface area contributed by atoms with E-state index in [0.717, 1.165) is 22.9 Å². The largest absolute Gasteiger partial charge is 0.343 e. The fraction of sp³-hybridized carbons (Fsp3) is 0.333. The van der Waals surface area contributed by atoms with Crippen molar-refractivity contribution >= 4 is 57.3 Å². The highest BCUT2D eigenvalue weighted by Crippen LogP contribution is 2.44. The summed E-state index contributed by atoms with van der Waals surface area (Å²) in [6, 6.07) is 1.82. The number of hydrogen-bond acceptors (Lipinski definition) is 5. The molecule has 4 rings (SSSR count). The van der Waals surface area contributed by atoms with Gasteiger partial charge >= 0.3 is 0 Å². The second kappa shape index (κ2) is 7.19. The zero-order valence-corrected chi connectivity index (χ0v) is 16.4. The van der Waals surface area contributed by atoms with Gasteiger partial charge in [-0.2, -0.15) is 0 Å². The summed E-state index contributed by atoms with van der Waals surface area (Å²) in [4.78, 5) is 37.7. The summed E-state index contributed by atoms with van der Waals surface area (Å²) in [7, 11) is 0. The number of amides is 2. The molecule has 138 valence electrons. The number of pyridine rings is 1. The number of halogens is 2. The van der Waals surface area contributed by atoms with Crippen molar-refractivity contribution in [3.63, 3.8) is 0 Å². The van der Waals surface area contributed by atoms with Crippen LogP contribution in [0.5, 0.6) is 0 Å². The molecule has 1 N–H and O–H groups in total. The summed E-state index contributed by atoms with van der Waals surface area (Å²) in [5.74, 6) is 5.53. The highest BCUT2D eigenvalue weighted by Gasteiger charge is 2.38. The highest BCUT2D eigenvalue weighted by atomic mass is 35.5. The van der Waals surface area contributed by atoms with E-state index in [1.54, 1.807) is 12.5 Å². The van der Waals surface area contributed by atoms with Crippen LogP contribution in [-0.4, -0.2) is 41.9 Å². The molecule has 6 nitrogen and oxygen atoms in total. The summed E-state index contributed by atoms with van der Waals surface area (Å²) in [5, 5.41) is -0.299. The van der Waals surface area contributed by atoms with Crippen LogP contribution in [0.3, 0.4) is 0 Å². The van der Waals surface area contributed by atoms with E-state index >= 15 is 0 Å². The molecule has 3 heterocycles. The lowest BCUT2D eigenvalue weighted by molar-refractivity contribution is -0.122. The first-order valence-corrected chi connectivity index (χ1v) is 9.92. The summed E-state index contributed by atoms with van der Waals surface area (Å²) >= 11 is 13.3. The second-order valence-electron chi connectivity index (χ2n) is 6.35. The predicted molar refractivity (Wildman–Crippen MR) is 105 cm³/mol. The van der Waals surface area contributed by atoms with Gasteiger partial charge in [0.1, 0.15) is 4.33 Å². The molecule has 1 saturated carbocycles. The van der Waals surface area contributed by atoms with E-state index in [-0.39, 0.29) is 17.7 Å². The smallest absolute Gasteiger partial charge is 0.294 e. The van der Waals surface area contributed by atoms with Gasteiger partial charge in [-0.1, -0.05) is 17.4 Å². The van der Waals surface area contributed by atoms with E-state index in [2.05, 4.69) is 26.8 Å². The average Bonchev–Trinajstić information content (AvgIpc) is 3.21. The zero-order valence-electron chi connectivity index (χ0n) is 14.1. The van der Waals surface area contributed by atoms with Crippen molar-refractivity contribution in [2.75, 3.05) is 6.54 Å². The molecule has 0 radical (unpaired) electrons. The molecule has 0 atom stereocenters. The van der Waals surface area contributed by atoms with Gasteiger partial charge in [-0.05, 0) is 43.5 Å². The van der Waals surface area contributed by atoms with Crippen LogP contribution < -0.4 is 0 Å². The number of thioether (sulfide) groups is 1. The molecule has 2 aliphatic rings. The lowest BCUT2D eigenvalue weighted by Gasteiger charge is -2.26. The summed E-state index contributed by atoms with van der Waals surface area (Å²) in [5.41, 5.74) is 3.04. The van der Waals surface area contributed by atoms with E-state index in [1.165, 1.54) is 4.90 Å². The second-order valence-corrected chi connectivity index (χ2v) is 8.95. The molecule has 1 aliphatic carbocycles. The Bertz CT molecular complexity index is 1020. The van der Waals surface area contributed by atoms with Crippen molar-refractivity contribution in [2.24, 2.45) is 0 Å². The number of rotatable bonds is 1. The number of imidazole rings is 1. The normalized spacial score (nSPS) is 19.6. The Morgan fingerprint density at radius 3 is 2.81 bits per heavy atom. The van der Waals surface area contributed by atoms with Crippen molar-refractivity contribution in [2.45, 2.75) is 30.0 Å². The Morgan fingerprint density at radius 1 is 1.26 bits per heavy atom. The van der Waals surface area contributed by atoms with Gasteiger partial charge in [0.15, 0.2) is 5.65 Å². The number of hydrogen-bond donors (Lipinski definition) is 1. The Kier molecular flexibility index (Phi) is 4.89. The van der Waals surface area contributed by atoms with Gasteiger partial charge < -0.3 is 4.98 Å². The number of carbonyl (C=O) groups is 2. The van der Waals surface area contributed by atoms with Crippen molar-refractivity contribution in [1.82, 2.24) is 19.9 Å². The van der Waals surface area contributed by atoms with E-state index in [4.69, 9.17) is 23.2 Å². The van der Waals surface area contributed by atoms with Crippen LogP contribution in [0.15, 0.2) is 29.1 Å². The Labute approximate surface area is 169 Å². The molecule has 2 aromatic heterocycles. The van der Waals surface area contributed by atoms with Crippen LogP contribution in [0.4, 0.5) is 4.79 Å². The number of fused-ring (bicyclic) bond motifs is 1. The lowest BCUT2D eigenvalue weighted by atomic mass is 9.93. The molecule has 1 aliphatic heterocycles. The number of carbonyl (C=O) groups excluding carboxylic acids is 2. The maximum Gasteiger partial charge on any atom is 0.294 e. The molecule has 2 fully saturated rings. The maximum absolute atomic E-state index is 12.6. The lowest BCUT2D eigenvalue weighted by Crippen LogP contribution is -2.29. The van der Waals surface area contributed by atoms with Crippen LogP contribution >= 0.6 is 35.0 Å². The molecule has 0 spiro atoms. The SMILES string of the molecule is O=C1SC(=C2CCC(Cl)(Cl)CC2)C(=O)N1CC#Cc1cnc2nc[nH]c2c1. The van der Waals surface area contributed by atoms with Gasteiger partial charge in [-0.15, -0.1) is 23.2 Å². The van der Waals surface area contributed by atoms with Crippen LogP contribution in [-0.2, 0) is 4.79 Å². The van der Waals surface area contributed by atoms with Crippen molar-refractivity contribution in [3.05, 3.63) is 34.6 Å². The minimum absolute atomic E-state index is 0.0391. The van der Waals surface area contributed by atoms with Crippen LogP contribution in [0, 0.1) is 11.8 Å². The van der Waals surface area contributed by atoms with E-state index in [1.807, 2.05) is 6.07 Å². The third-order valence-corrected chi connectivity index (χ3v) is 6.32. The van der Waals surface area contributed by atoms with Gasteiger partial charge in [0.25, 0.3) is 11.1 Å². The fourth-order valence-corrected chi connectivity index (χ4v) is 4.37. The minimum Gasteiger partial charge on any atom is -0.343 e. The molecule has 0 unspecified atom stereocenters. The average molecular weight is 421 g/mol. The number of allylic oxidation sites excluding steroid dienone is 1. The monoisotopic (exact) mass is 420 g/mol. The molecule has 27 heavy (non-hydrogen) atoms. The molecule has 2 amide bonds. The van der Waals surface area contributed by atoms with Crippen molar-refractivity contribution in [1.29, 1.82) is 0 Å². The number of aromatic amines is 1. The summed E-state index contributed by atoms with van der Waals surface area (Å²) in [6.45, 7) is 0.0391.